The zero-order valence-corrected chi connectivity index (χ0v) is 15.1. The van der Waals surface area contributed by atoms with Gasteiger partial charge < -0.3 is 16.4 Å². The smallest absolute Gasteiger partial charge is 0.239 e. The van der Waals surface area contributed by atoms with E-state index in [0.717, 1.165) is 0 Å². The van der Waals surface area contributed by atoms with Crippen LogP contribution in [-0.2, 0) is 26.2 Å². The second-order valence-corrected chi connectivity index (χ2v) is 7.01. The van der Waals surface area contributed by atoms with Gasteiger partial charge in [-0.1, -0.05) is 26.0 Å². The molecule has 0 heterocycles. The lowest BCUT2D eigenvalue weighted by molar-refractivity contribution is -0.127. The van der Waals surface area contributed by atoms with Crippen molar-refractivity contribution in [3.63, 3.8) is 0 Å². The minimum Gasteiger partial charge on any atom is -0.350 e. The molecule has 10 heteroatoms. The predicted octanol–water partition coefficient (Wildman–Crippen LogP) is -0.528. The fraction of sp³-hybridized carbons (Fsp3) is 0.429. The number of hydrogen-bond donors (Lipinski definition) is 4. The summed E-state index contributed by atoms with van der Waals surface area (Å²) < 4.78 is 22.2. The molecule has 2 amide bonds. The lowest BCUT2D eigenvalue weighted by Gasteiger charge is -2.15. The van der Waals surface area contributed by atoms with E-state index in [1.807, 2.05) is 13.8 Å². The van der Waals surface area contributed by atoms with Crippen molar-refractivity contribution in [2.75, 3.05) is 6.54 Å². The van der Waals surface area contributed by atoms with Gasteiger partial charge in [-0.25, -0.2) is 13.6 Å². The zero-order valence-electron chi connectivity index (χ0n) is 13.5. The normalized spacial score (nSPS) is 12.2. The van der Waals surface area contributed by atoms with E-state index in [1.165, 1.54) is 12.1 Å². The Labute approximate surface area is 147 Å². The van der Waals surface area contributed by atoms with E-state index in [9.17, 15) is 18.0 Å². The molecule has 0 radical (unpaired) electrons. The molecule has 136 valence electrons. The molecule has 6 N–H and O–H groups in total. The van der Waals surface area contributed by atoms with Gasteiger partial charge in [0.05, 0.1) is 17.5 Å². The third-order valence-electron chi connectivity index (χ3n) is 3.19. The molecule has 8 nitrogen and oxygen atoms in total. The maximum atomic E-state index is 11.7. The Balaban J connectivity index is 0.00000529. The molecular weight excluding hydrogens is 356 g/mol. The van der Waals surface area contributed by atoms with Crippen LogP contribution in [0.4, 0.5) is 0 Å². The van der Waals surface area contributed by atoms with Crippen molar-refractivity contribution >= 4 is 34.2 Å². The summed E-state index contributed by atoms with van der Waals surface area (Å²) in [5.74, 6) is -0.770. The minimum atomic E-state index is -3.73. The first-order valence-corrected chi connectivity index (χ1v) is 8.57. The van der Waals surface area contributed by atoms with Crippen LogP contribution in [0.2, 0.25) is 0 Å². The van der Waals surface area contributed by atoms with E-state index >= 15 is 0 Å². The number of nitrogens with one attached hydrogen (secondary N) is 2. The number of primary sulfonamides is 1. The number of rotatable bonds is 7. The lowest BCUT2D eigenvalue weighted by Crippen LogP contribution is -2.47. The van der Waals surface area contributed by atoms with Crippen LogP contribution in [-0.4, -0.2) is 32.8 Å². The Morgan fingerprint density at radius 2 is 1.67 bits per heavy atom. The lowest BCUT2D eigenvalue weighted by atomic mass is 10.1. The molecule has 0 aliphatic rings. The summed E-state index contributed by atoms with van der Waals surface area (Å²) in [5, 5.41) is 10.1. The van der Waals surface area contributed by atoms with E-state index in [2.05, 4.69) is 10.6 Å². The summed E-state index contributed by atoms with van der Waals surface area (Å²) in [4.78, 5) is 23.3. The molecule has 1 aromatic carbocycles. The van der Waals surface area contributed by atoms with Crippen LogP contribution < -0.4 is 21.5 Å². The van der Waals surface area contributed by atoms with Crippen LogP contribution in [0.5, 0.6) is 0 Å². The van der Waals surface area contributed by atoms with Gasteiger partial charge in [0.15, 0.2) is 0 Å². The summed E-state index contributed by atoms with van der Waals surface area (Å²) in [7, 11) is -3.73. The number of amides is 2. The van der Waals surface area contributed by atoms with Crippen molar-refractivity contribution in [3.8, 4) is 0 Å². The molecule has 1 rings (SSSR count). The van der Waals surface area contributed by atoms with Gasteiger partial charge in [-0.3, -0.25) is 9.59 Å². The number of sulfonamides is 1. The number of carbonyl (C=O) groups is 2. The Morgan fingerprint density at radius 3 is 2.12 bits per heavy atom. The largest absolute Gasteiger partial charge is 0.350 e. The molecular formula is C14H23ClN4O4S. The maximum Gasteiger partial charge on any atom is 0.239 e. The SMILES string of the molecule is CC(C)[C@H](N)C(=O)NCC(=O)NCc1ccc(S(N)(=O)=O)cc1.Cl. The molecule has 0 spiro atoms. The van der Waals surface area contributed by atoms with E-state index < -0.39 is 16.1 Å². The van der Waals surface area contributed by atoms with Crippen molar-refractivity contribution in [3.05, 3.63) is 29.8 Å². The highest BCUT2D eigenvalue weighted by Gasteiger charge is 2.17. The van der Waals surface area contributed by atoms with E-state index in [0.29, 0.717) is 5.56 Å². The summed E-state index contributed by atoms with van der Waals surface area (Å²) in [6.07, 6.45) is 0. The molecule has 0 aliphatic carbocycles. The van der Waals surface area contributed by atoms with Crippen molar-refractivity contribution < 1.29 is 18.0 Å². The zero-order chi connectivity index (χ0) is 17.6. The van der Waals surface area contributed by atoms with Gasteiger partial charge in [0, 0.05) is 6.54 Å². The average Bonchev–Trinajstić information content (AvgIpc) is 2.49. The highest BCUT2D eigenvalue weighted by molar-refractivity contribution is 7.89. The maximum absolute atomic E-state index is 11.7. The number of benzene rings is 1. The Morgan fingerprint density at radius 1 is 1.12 bits per heavy atom. The monoisotopic (exact) mass is 378 g/mol. The molecule has 0 saturated heterocycles. The molecule has 24 heavy (non-hydrogen) atoms. The van der Waals surface area contributed by atoms with Crippen LogP contribution in [0.15, 0.2) is 29.2 Å². The van der Waals surface area contributed by atoms with Gasteiger partial charge >= 0.3 is 0 Å². The van der Waals surface area contributed by atoms with Crippen LogP contribution >= 0.6 is 12.4 Å². The second-order valence-electron chi connectivity index (χ2n) is 5.45. The van der Waals surface area contributed by atoms with Gasteiger partial charge in [-0.2, -0.15) is 0 Å². The third kappa shape index (κ3) is 7.26. The van der Waals surface area contributed by atoms with Gasteiger partial charge in [-0.05, 0) is 23.6 Å². The highest BCUT2D eigenvalue weighted by atomic mass is 35.5. The van der Waals surface area contributed by atoms with E-state index in [-0.39, 0.29) is 48.1 Å². The van der Waals surface area contributed by atoms with E-state index in [1.54, 1.807) is 12.1 Å². The van der Waals surface area contributed by atoms with Crippen LogP contribution in [0.1, 0.15) is 19.4 Å². The molecule has 0 aromatic heterocycles. The Kier molecular flexibility index (Phi) is 8.91. The fourth-order valence-electron chi connectivity index (χ4n) is 1.65. The van der Waals surface area contributed by atoms with Crippen LogP contribution in [0.25, 0.3) is 0 Å². The first-order chi connectivity index (χ1) is 10.6. The fourth-order valence-corrected chi connectivity index (χ4v) is 2.16. The topological polar surface area (TPSA) is 144 Å². The van der Waals surface area contributed by atoms with Crippen molar-refractivity contribution in [2.24, 2.45) is 16.8 Å². The van der Waals surface area contributed by atoms with Gasteiger partial charge in [0.1, 0.15) is 0 Å². The number of halogens is 1. The molecule has 0 bridgehead atoms. The van der Waals surface area contributed by atoms with Crippen LogP contribution in [0, 0.1) is 5.92 Å². The number of nitrogens with two attached hydrogens (primary N) is 2. The standard InChI is InChI=1S/C14H22N4O4S.ClH/c1-9(2)13(15)14(20)18-8-12(19)17-7-10-3-5-11(6-4-10)23(16,21)22;/h3-6,9,13H,7-8,15H2,1-2H3,(H,17,19)(H,18,20)(H2,16,21,22);1H/t13-;/m0./s1. The summed E-state index contributed by atoms with van der Waals surface area (Å²) in [6, 6.07) is 5.16. The van der Waals surface area contributed by atoms with Crippen molar-refractivity contribution in [1.29, 1.82) is 0 Å². The Bertz CT molecular complexity index is 662. The van der Waals surface area contributed by atoms with Crippen molar-refractivity contribution in [1.82, 2.24) is 10.6 Å². The highest BCUT2D eigenvalue weighted by Crippen LogP contribution is 2.08. The molecule has 1 aromatic rings. The molecule has 0 fully saturated rings. The first-order valence-electron chi connectivity index (χ1n) is 7.03. The molecule has 0 unspecified atom stereocenters. The van der Waals surface area contributed by atoms with Gasteiger partial charge in [-0.15, -0.1) is 12.4 Å². The van der Waals surface area contributed by atoms with Gasteiger partial charge in [0.25, 0.3) is 0 Å². The minimum absolute atomic E-state index is 0. The quantitative estimate of drug-likeness (QED) is 0.504. The number of hydrogen-bond acceptors (Lipinski definition) is 5. The number of carbonyl (C=O) groups excluding carboxylic acids is 2. The summed E-state index contributed by atoms with van der Waals surface area (Å²) in [5.41, 5.74) is 6.36. The third-order valence-corrected chi connectivity index (χ3v) is 4.11. The molecule has 0 aliphatic heterocycles. The molecule has 1 atom stereocenters. The second kappa shape index (κ2) is 9.58. The van der Waals surface area contributed by atoms with E-state index in [4.69, 9.17) is 10.9 Å². The first kappa shape index (κ1) is 22.3. The Hall–Kier alpha value is -1.68. The van der Waals surface area contributed by atoms with Crippen LogP contribution in [0.3, 0.4) is 0 Å². The summed E-state index contributed by atoms with van der Waals surface area (Å²) >= 11 is 0. The summed E-state index contributed by atoms with van der Waals surface area (Å²) in [6.45, 7) is 3.66. The average molecular weight is 379 g/mol. The molecule has 0 saturated carbocycles. The van der Waals surface area contributed by atoms with Gasteiger partial charge in [0.2, 0.25) is 21.8 Å². The predicted molar refractivity (Wildman–Crippen MR) is 92.7 cm³/mol. The van der Waals surface area contributed by atoms with Crippen molar-refractivity contribution in [2.45, 2.75) is 31.3 Å².